The maximum atomic E-state index is 14.3. The highest BCUT2D eigenvalue weighted by atomic mass is 32.2. The van der Waals surface area contributed by atoms with E-state index in [1.165, 1.54) is 17.8 Å². The Labute approximate surface area is 188 Å². The van der Waals surface area contributed by atoms with E-state index in [0.717, 1.165) is 16.6 Å². The molecule has 0 unspecified atom stereocenters. The molecule has 0 radical (unpaired) electrons. The van der Waals surface area contributed by atoms with Crippen LogP contribution in [0.4, 0.5) is 4.39 Å². The number of hydrogen-bond acceptors (Lipinski definition) is 5. The summed E-state index contributed by atoms with van der Waals surface area (Å²) in [6.07, 6.45) is 0. The van der Waals surface area contributed by atoms with Gasteiger partial charge in [0.25, 0.3) is 0 Å². The summed E-state index contributed by atoms with van der Waals surface area (Å²) >= 11 is 1.33. The van der Waals surface area contributed by atoms with E-state index in [1.54, 1.807) is 12.1 Å². The molecule has 1 N–H and O–H groups in total. The van der Waals surface area contributed by atoms with Crippen LogP contribution in [0.3, 0.4) is 0 Å². The number of rotatable bonds is 7. The molecular formula is C24H20FN3O3S. The van der Waals surface area contributed by atoms with Crippen molar-refractivity contribution in [2.75, 3.05) is 12.5 Å². The molecule has 0 atom stereocenters. The lowest BCUT2D eigenvalue weighted by molar-refractivity contribution is -0.118. The third-order valence-electron chi connectivity index (χ3n) is 5.16. The Bertz CT molecular complexity index is 1290. The standard InChI is InChI=1S/C24H20FN3O3S/c25-18-6-2-1-5-17(18)13-28-20-8-4-3-7-19(20)27-24(28)32-14-23(29)26-12-16-9-10-21-22(11-16)31-15-30-21/h1-11H,12-15H2,(H,26,29). The fourth-order valence-electron chi connectivity index (χ4n) is 3.55. The van der Waals surface area contributed by atoms with Gasteiger partial charge in [0.15, 0.2) is 16.7 Å². The average Bonchev–Trinajstić information content (AvgIpc) is 3.42. The highest BCUT2D eigenvalue weighted by Crippen LogP contribution is 2.32. The summed E-state index contributed by atoms with van der Waals surface area (Å²) in [5.41, 5.74) is 3.22. The second-order valence-electron chi connectivity index (χ2n) is 7.31. The molecule has 5 rings (SSSR count). The van der Waals surface area contributed by atoms with E-state index in [2.05, 4.69) is 10.3 Å². The molecule has 0 saturated carbocycles. The molecular weight excluding hydrogens is 429 g/mol. The van der Waals surface area contributed by atoms with E-state index in [0.29, 0.717) is 35.3 Å². The summed E-state index contributed by atoms with van der Waals surface area (Å²) in [5, 5.41) is 3.59. The molecule has 0 fully saturated rings. The van der Waals surface area contributed by atoms with Crippen molar-refractivity contribution < 1.29 is 18.7 Å². The third kappa shape index (κ3) is 4.27. The number of nitrogens with one attached hydrogen (secondary N) is 1. The van der Waals surface area contributed by atoms with Gasteiger partial charge in [-0.15, -0.1) is 0 Å². The largest absolute Gasteiger partial charge is 0.454 e. The minimum atomic E-state index is -0.261. The normalized spacial score (nSPS) is 12.3. The predicted octanol–water partition coefficient (Wildman–Crippen LogP) is 4.36. The van der Waals surface area contributed by atoms with Gasteiger partial charge in [-0.25, -0.2) is 9.37 Å². The first-order valence-corrected chi connectivity index (χ1v) is 11.1. The maximum Gasteiger partial charge on any atom is 0.231 e. The Balaban J connectivity index is 1.27. The van der Waals surface area contributed by atoms with Crippen LogP contribution < -0.4 is 14.8 Å². The van der Waals surface area contributed by atoms with Crippen LogP contribution in [0.2, 0.25) is 0 Å². The van der Waals surface area contributed by atoms with Crippen LogP contribution in [0.15, 0.2) is 71.9 Å². The summed E-state index contributed by atoms with van der Waals surface area (Å²) in [6.45, 7) is 0.950. The molecule has 6 nitrogen and oxygen atoms in total. The van der Waals surface area contributed by atoms with Crippen molar-refractivity contribution in [1.82, 2.24) is 14.9 Å². The second kappa shape index (κ2) is 8.92. The number of fused-ring (bicyclic) bond motifs is 2. The van der Waals surface area contributed by atoms with Crippen LogP contribution in [0.25, 0.3) is 11.0 Å². The Morgan fingerprint density at radius 2 is 1.88 bits per heavy atom. The summed E-state index contributed by atoms with van der Waals surface area (Å²) in [4.78, 5) is 17.1. The SMILES string of the molecule is O=C(CSc1nc2ccccc2n1Cc1ccccc1F)NCc1ccc2c(c1)OCO2. The number of aromatic nitrogens is 2. The molecule has 0 spiro atoms. The van der Waals surface area contributed by atoms with Crippen LogP contribution in [-0.4, -0.2) is 28.0 Å². The van der Waals surface area contributed by atoms with E-state index in [4.69, 9.17) is 9.47 Å². The van der Waals surface area contributed by atoms with Crippen molar-refractivity contribution >= 4 is 28.7 Å². The number of carbonyl (C=O) groups excluding carboxylic acids is 1. The van der Waals surface area contributed by atoms with Crippen LogP contribution >= 0.6 is 11.8 Å². The minimum absolute atomic E-state index is 0.114. The Hall–Kier alpha value is -3.52. The van der Waals surface area contributed by atoms with Gasteiger partial charge >= 0.3 is 0 Å². The summed E-state index contributed by atoms with van der Waals surface area (Å²) in [5.74, 6) is 1.22. The number of carbonyl (C=O) groups is 1. The zero-order valence-corrected chi connectivity index (χ0v) is 17.9. The van der Waals surface area contributed by atoms with E-state index in [-0.39, 0.29) is 24.3 Å². The molecule has 162 valence electrons. The molecule has 4 aromatic rings. The lowest BCUT2D eigenvalue weighted by Gasteiger charge is -2.10. The molecule has 0 bridgehead atoms. The van der Waals surface area contributed by atoms with Crippen molar-refractivity contribution in [3.8, 4) is 11.5 Å². The first-order valence-electron chi connectivity index (χ1n) is 10.1. The van der Waals surface area contributed by atoms with Gasteiger partial charge in [0.05, 0.1) is 23.3 Å². The number of hydrogen-bond donors (Lipinski definition) is 1. The van der Waals surface area contributed by atoms with Gasteiger partial charge in [-0.3, -0.25) is 4.79 Å². The van der Waals surface area contributed by atoms with Crippen molar-refractivity contribution in [2.45, 2.75) is 18.2 Å². The molecule has 1 aliphatic heterocycles. The van der Waals surface area contributed by atoms with E-state index in [1.807, 2.05) is 53.1 Å². The van der Waals surface area contributed by atoms with Crippen LogP contribution in [0, 0.1) is 5.82 Å². The van der Waals surface area contributed by atoms with Gasteiger partial charge < -0.3 is 19.4 Å². The van der Waals surface area contributed by atoms with Gasteiger partial charge in [0.1, 0.15) is 5.82 Å². The Kier molecular flexibility index (Phi) is 5.68. The number of amides is 1. The van der Waals surface area contributed by atoms with Gasteiger partial charge in [0.2, 0.25) is 12.7 Å². The average molecular weight is 450 g/mol. The molecule has 1 aliphatic rings. The molecule has 0 saturated heterocycles. The van der Waals surface area contributed by atoms with Crippen LogP contribution in [0.5, 0.6) is 11.5 Å². The molecule has 8 heteroatoms. The molecule has 32 heavy (non-hydrogen) atoms. The molecule has 2 heterocycles. The first kappa shape index (κ1) is 20.4. The van der Waals surface area contributed by atoms with E-state index in [9.17, 15) is 9.18 Å². The third-order valence-corrected chi connectivity index (χ3v) is 6.14. The number of halogens is 1. The smallest absolute Gasteiger partial charge is 0.231 e. The quantitative estimate of drug-likeness (QED) is 0.425. The number of benzene rings is 3. The van der Waals surface area contributed by atoms with Gasteiger partial charge in [-0.2, -0.15) is 0 Å². The lowest BCUT2D eigenvalue weighted by atomic mass is 10.2. The fraction of sp³-hybridized carbons (Fsp3) is 0.167. The number of thioether (sulfide) groups is 1. The predicted molar refractivity (Wildman–Crippen MR) is 120 cm³/mol. The topological polar surface area (TPSA) is 65.4 Å². The highest BCUT2D eigenvalue weighted by Gasteiger charge is 2.16. The molecule has 1 aromatic heterocycles. The Morgan fingerprint density at radius 3 is 2.78 bits per heavy atom. The second-order valence-corrected chi connectivity index (χ2v) is 8.26. The molecule has 0 aliphatic carbocycles. The summed E-state index contributed by atoms with van der Waals surface area (Å²) in [7, 11) is 0. The number of ether oxygens (including phenoxy) is 2. The molecule has 1 amide bonds. The van der Waals surface area contributed by atoms with Crippen molar-refractivity contribution in [2.24, 2.45) is 0 Å². The van der Waals surface area contributed by atoms with Gasteiger partial charge in [0, 0.05) is 12.1 Å². The van der Waals surface area contributed by atoms with Crippen LogP contribution in [0.1, 0.15) is 11.1 Å². The number of para-hydroxylation sites is 2. The fourth-order valence-corrected chi connectivity index (χ4v) is 4.39. The van der Waals surface area contributed by atoms with E-state index < -0.39 is 0 Å². The molecule has 3 aromatic carbocycles. The lowest BCUT2D eigenvalue weighted by Crippen LogP contribution is -2.24. The summed E-state index contributed by atoms with van der Waals surface area (Å²) in [6, 6.07) is 20.0. The minimum Gasteiger partial charge on any atom is -0.454 e. The number of imidazole rings is 1. The zero-order valence-electron chi connectivity index (χ0n) is 17.1. The van der Waals surface area contributed by atoms with Crippen molar-refractivity contribution in [3.05, 3.63) is 83.7 Å². The van der Waals surface area contributed by atoms with Crippen molar-refractivity contribution in [3.63, 3.8) is 0 Å². The zero-order chi connectivity index (χ0) is 21.9. The van der Waals surface area contributed by atoms with Gasteiger partial charge in [-0.1, -0.05) is 48.2 Å². The van der Waals surface area contributed by atoms with Gasteiger partial charge in [-0.05, 0) is 35.9 Å². The summed E-state index contributed by atoms with van der Waals surface area (Å²) < 4.78 is 26.9. The Morgan fingerprint density at radius 1 is 1.06 bits per heavy atom. The van der Waals surface area contributed by atoms with E-state index >= 15 is 0 Å². The number of nitrogens with zero attached hydrogens (tertiary/aromatic N) is 2. The maximum absolute atomic E-state index is 14.3. The highest BCUT2D eigenvalue weighted by molar-refractivity contribution is 7.99. The van der Waals surface area contributed by atoms with Crippen molar-refractivity contribution in [1.29, 1.82) is 0 Å². The van der Waals surface area contributed by atoms with Crippen LogP contribution in [-0.2, 0) is 17.9 Å². The monoisotopic (exact) mass is 449 g/mol. The first-order chi connectivity index (χ1) is 15.7.